The molecule has 1 fully saturated rings. The number of guanidine groups is 1. The number of nitrogens with zero attached hydrogens (tertiary/aromatic N) is 2. The Labute approximate surface area is 182 Å². The zero-order valence-electron chi connectivity index (χ0n) is 16.7. The molecule has 2 rings (SSSR count). The van der Waals surface area contributed by atoms with Crippen molar-refractivity contribution in [1.29, 1.82) is 0 Å². The van der Waals surface area contributed by atoms with E-state index in [4.69, 9.17) is 0 Å². The van der Waals surface area contributed by atoms with Crippen molar-refractivity contribution in [2.24, 2.45) is 16.8 Å². The van der Waals surface area contributed by atoms with Gasteiger partial charge in [-0.05, 0) is 43.2 Å². The van der Waals surface area contributed by atoms with E-state index in [1.54, 1.807) is 31.3 Å². The highest BCUT2D eigenvalue weighted by atomic mass is 127. The van der Waals surface area contributed by atoms with Crippen LogP contribution < -0.4 is 5.32 Å². The van der Waals surface area contributed by atoms with E-state index >= 15 is 0 Å². The smallest absolute Gasteiger partial charge is 0.193 e. The molecule has 0 atom stereocenters. The van der Waals surface area contributed by atoms with E-state index in [0.29, 0.717) is 17.9 Å². The van der Waals surface area contributed by atoms with Crippen LogP contribution in [0.15, 0.2) is 40.2 Å². The number of nitrogens with one attached hydrogen (secondary N) is 1. The minimum atomic E-state index is -3.21. The Hall–Kier alpha value is -0.830. The first-order valence-corrected chi connectivity index (χ1v) is 11.3. The molecule has 1 aliphatic carbocycles. The fourth-order valence-electron chi connectivity index (χ4n) is 3.58. The minimum absolute atomic E-state index is 0. The summed E-state index contributed by atoms with van der Waals surface area (Å²) in [5.74, 6) is 2.58. The average molecular weight is 507 g/mol. The van der Waals surface area contributed by atoms with Crippen LogP contribution in [0.5, 0.6) is 0 Å². The fourth-order valence-corrected chi connectivity index (χ4v) is 4.91. The number of halogens is 1. The van der Waals surface area contributed by atoms with Gasteiger partial charge in [-0.25, -0.2) is 8.42 Å². The van der Waals surface area contributed by atoms with E-state index in [9.17, 15) is 8.42 Å². The molecule has 0 saturated heterocycles. The Morgan fingerprint density at radius 3 is 2.41 bits per heavy atom. The standard InChI is InChI=1S/C20H33N3O2S.HI/c1-17-10-12-18(13-11-17)16-23(3)20(21-2)22-14-7-15-26(24,25)19-8-5-4-6-9-19;/h4-6,8-9,17-18H,7,10-16H2,1-3H3,(H,21,22);1H. The third kappa shape index (κ3) is 7.97. The Bertz CT molecular complexity index is 672. The summed E-state index contributed by atoms with van der Waals surface area (Å²) in [6.07, 6.45) is 5.78. The molecule has 0 amide bonds. The van der Waals surface area contributed by atoms with Gasteiger partial charge < -0.3 is 10.2 Å². The number of hydrogen-bond donors (Lipinski definition) is 1. The van der Waals surface area contributed by atoms with Crippen molar-refractivity contribution in [3.8, 4) is 0 Å². The lowest BCUT2D eigenvalue weighted by Crippen LogP contribution is -2.42. The Morgan fingerprint density at radius 2 is 1.81 bits per heavy atom. The van der Waals surface area contributed by atoms with Crippen molar-refractivity contribution in [2.45, 2.75) is 43.9 Å². The van der Waals surface area contributed by atoms with Crippen molar-refractivity contribution in [2.75, 3.05) is 32.9 Å². The largest absolute Gasteiger partial charge is 0.356 e. The zero-order chi connectivity index (χ0) is 19.0. The molecule has 0 radical (unpaired) electrons. The third-order valence-electron chi connectivity index (χ3n) is 5.22. The predicted molar refractivity (Wildman–Crippen MR) is 124 cm³/mol. The van der Waals surface area contributed by atoms with Gasteiger partial charge in [-0.3, -0.25) is 4.99 Å². The maximum Gasteiger partial charge on any atom is 0.193 e. The van der Waals surface area contributed by atoms with Gasteiger partial charge in [-0.2, -0.15) is 0 Å². The van der Waals surface area contributed by atoms with Crippen molar-refractivity contribution in [3.05, 3.63) is 30.3 Å². The zero-order valence-corrected chi connectivity index (χ0v) is 19.9. The van der Waals surface area contributed by atoms with Crippen LogP contribution in [0.2, 0.25) is 0 Å². The van der Waals surface area contributed by atoms with E-state index < -0.39 is 9.84 Å². The van der Waals surface area contributed by atoms with Crippen LogP contribution in [0.25, 0.3) is 0 Å². The van der Waals surface area contributed by atoms with E-state index in [1.165, 1.54) is 25.7 Å². The molecule has 0 heterocycles. The van der Waals surface area contributed by atoms with E-state index in [0.717, 1.165) is 24.3 Å². The molecule has 27 heavy (non-hydrogen) atoms. The Balaban J connectivity index is 0.00000364. The highest BCUT2D eigenvalue weighted by molar-refractivity contribution is 14.0. The van der Waals surface area contributed by atoms with Crippen molar-refractivity contribution in [1.82, 2.24) is 10.2 Å². The van der Waals surface area contributed by atoms with E-state index in [1.807, 2.05) is 6.07 Å². The first-order chi connectivity index (χ1) is 12.4. The van der Waals surface area contributed by atoms with Crippen LogP contribution in [0.4, 0.5) is 0 Å². The summed E-state index contributed by atoms with van der Waals surface area (Å²) in [7, 11) is 0.637. The Morgan fingerprint density at radius 1 is 1.19 bits per heavy atom. The summed E-state index contributed by atoms with van der Waals surface area (Å²) in [4.78, 5) is 6.91. The normalized spacial score (nSPS) is 20.6. The lowest BCUT2D eigenvalue weighted by atomic mass is 9.83. The molecular formula is C20H34IN3O2S. The second-order valence-corrected chi connectivity index (χ2v) is 9.58. The molecule has 0 bridgehead atoms. The van der Waals surface area contributed by atoms with Crippen LogP contribution in [-0.2, 0) is 9.84 Å². The fraction of sp³-hybridized carbons (Fsp3) is 0.650. The number of sulfone groups is 1. The molecule has 1 aromatic carbocycles. The lowest BCUT2D eigenvalue weighted by molar-refractivity contribution is 0.250. The molecular weight excluding hydrogens is 473 g/mol. The summed E-state index contributed by atoms with van der Waals surface area (Å²) >= 11 is 0. The van der Waals surface area contributed by atoms with Crippen molar-refractivity contribution >= 4 is 39.8 Å². The summed E-state index contributed by atoms with van der Waals surface area (Å²) in [5.41, 5.74) is 0. The van der Waals surface area contributed by atoms with E-state index in [2.05, 4.69) is 29.2 Å². The topological polar surface area (TPSA) is 61.8 Å². The minimum Gasteiger partial charge on any atom is -0.356 e. The second-order valence-electron chi connectivity index (χ2n) is 7.47. The molecule has 1 saturated carbocycles. The van der Waals surface area contributed by atoms with Crippen LogP contribution in [0, 0.1) is 11.8 Å². The maximum absolute atomic E-state index is 12.3. The lowest BCUT2D eigenvalue weighted by Gasteiger charge is -2.31. The van der Waals surface area contributed by atoms with Gasteiger partial charge in [0.2, 0.25) is 0 Å². The van der Waals surface area contributed by atoms with Gasteiger partial charge in [0.05, 0.1) is 10.6 Å². The van der Waals surface area contributed by atoms with Gasteiger partial charge in [0.1, 0.15) is 0 Å². The van der Waals surface area contributed by atoms with Crippen LogP contribution in [0.3, 0.4) is 0 Å². The first-order valence-electron chi connectivity index (χ1n) is 9.62. The van der Waals surface area contributed by atoms with Crippen molar-refractivity contribution in [3.63, 3.8) is 0 Å². The number of benzene rings is 1. The average Bonchev–Trinajstić information content (AvgIpc) is 2.64. The molecule has 1 aromatic rings. The molecule has 7 heteroatoms. The van der Waals surface area contributed by atoms with Gasteiger partial charge in [-0.15, -0.1) is 24.0 Å². The monoisotopic (exact) mass is 507 g/mol. The second kappa shape index (κ2) is 11.9. The molecule has 0 aromatic heterocycles. The molecule has 1 N–H and O–H groups in total. The van der Waals surface area contributed by atoms with Crippen LogP contribution >= 0.6 is 24.0 Å². The molecule has 1 aliphatic rings. The van der Waals surface area contributed by atoms with Crippen LogP contribution in [0.1, 0.15) is 39.0 Å². The SMILES string of the molecule is CN=C(NCCCS(=O)(=O)c1ccccc1)N(C)CC1CCC(C)CC1.I. The number of rotatable bonds is 7. The van der Waals surface area contributed by atoms with E-state index in [-0.39, 0.29) is 29.7 Å². The molecule has 0 unspecified atom stereocenters. The third-order valence-corrected chi connectivity index (χ3v) is 7.03. The summed E-state index contributed by atoms with van der Waals surface area (Å²) in [6.45, 7) is 3.95. The first kappa shape index (κ1) is 24.2. The summed E-state index contributed by atoms with van der Waals surface area (Å²) in [6, 6.07) is 8.65. The van der Waals surface area contributed by atoms with Gasteiger partial charge >= 0.3 is 0 Å². The molecule has 5 nitrogen and oxygen atoms in total. The van der Waals surface area contributed by atoms with Gasteiger partial charge in [0.25, 0.3) is 0 Å². The summed E-state index contributed by atoms with van der Waals surface area (Å²) in [5, 5.41) is 3.30. The summed E-state index contributed by atoms with van der Waals surface area (Å²) < 4.78 is 24.6. The highest BCUT2D eigenvalue weighted by Crippen LogP contribution is 2.28. The number of aliphatic imine (C=N–C) groups is 1. The molecule has 0 aliphatic heterocycles. The van der Waals surface area contributed by atoms with Crippen LogP contribution in [-0.4, -0.2) is 52.2 Å². The Kier molecular flexibility index (Phi) is 10.7. The van der Waals surface area contributed by atoms with Gasteiger partial charge in [0, 0.05) is 27.2 Å². The molecule has 154 valence electrons. The molecule has 0 spiro atoms. The highest BCUT2D eigenvalue weighted by Gasteiger charge is 2.20. The quantitative estimate of drug-likeness (QED) is 0.264. The number of hydrogen-bond acceptors (Lipinski definition) is 3. The predicted octanol–water partition coefficient (Wildman–Crippen LogP) is 3.80. The van der Waals surface area contributed by atoms with Gasteiger partial charge in [0.15, 0.2) is 15.8 Å². The maximum atomic E-state index is 12.3. The van der Waals surface area contributed by atoms with Crippen molar-refractivity contribution < 1.29 is 8.42 Å². The van der Waals surface area contributed by atoms with Gasteiger partial charge in [-0.1, -0.05) is 38.0 Å².